The molecule has 0 amide bonds. The smallest absolute Gasteiger partial charge is 0.0662 e. The van der Waals surface area contributed by atoms with Gasteiger partial charge in [-0.05, 0) is 25.8 Å². The first-order chi connectivity index (χ1) is 8.80. The normalized spacial score (nSPS) is 31.3. The molecule has 3 heteroatoms. The molecule has 3 unspecified atom stereocenters. The number of hydrogen-bond donors (Lipinski definition) is 1. The van der Waals surface area contributed by atoms with E-state index in [-0.39, 0.29) is 11.0 Å². The monoisotopic (exact) mass is 270 g/mol. The summed E-state index contributed by atoms with van der Waals surface area (Å²) in [6.45, 7) is 17.4. The zero-order valence-corrected chi connectivity index (χ0v) is 13.8. The first kappa shape index (κ1) is 16.9. The van der Waals surface area contributed by atoms with Crippen LogP contribution in [-0.2, 0) is 4.74 Å². The van der Waals surface area contributed by atoms with Gasteiger partial charge in [0.1, 0.15) is 0 Å². The van der Waals surface area contributed by atoms with Crippen LogP contribution in [0.2, 0.25) is 0 Å². The quantitative estimate of drug-likeness (QED) is 0.737. The van der Waals surface area contributed by atoms with Crippen LogP contribution in [0.15, 0.2) is 0 Å². The van der Waals surface area contributed by atoms with Crippen molar-refractivity contribution in [1.29, 1.82) is 0 Å². The summed E-state index contributed by atoms with van der Waals surface area (Å²) in [6.07, 6.45) is 2.55. The van der Waals surface area contributed by atoms with E-state index in [2.05, 4.69) is 46.4 Å². The van der Waals surface area contributed by atoms with Crippen LogP contribution in [-0.4, -0.2) is 42.8 Å². The van der Waals surface area contributed by atoms with Gasteiger partial charge >= 0.3 is 0 Å². The molecular formula is C16H34N2O. The van der Waals surface area contributed by atoms with Crippen LogP contribution < -0.4 is 5.73 Å². The van der Waals surface area contributed by atoms with Crippen molar-refractivity contribution in [2.75, 3.05) is 26.2 Å². The first-order valence-electron chi connectivity index (χ1n) is 7.93. The molecule has 0 heterocycles. The van der Waals surface area contributed by atoms with Crippen LogP contribution in [0.3, 0.4) is 0 Å². The molecule has 0 saturated heterocycles. The van der Waals surface area contributed by atoms with E-state index >= 15 is 0 Å². The van der Waals surface area contributed by atoms with E-state index < -0.39 is 0 Å². The van der Waals surface area contributed by atoms with Crippen LogP contribution in [0.5, 0.6) is 0 Å². The molecule has 0 aromatic rings. The van der Waals surface area contributed by atoms with Crippen LogP contribution >= 0.6 is 0 Å². The number of likely N-dealkylation sites (N-methyl/N-ethyl adjacent to an activating group) is 1. The van der Waals surface area contributed by atoms with E-state index in [4.69, 9.17) is 10.5 Å². The van der Waals surface area contributed by atoms with Crippen LogP contribution in [0, 0.1) is 11.3 Å². The fourth-order valence-corrected chi connectivity index (χ4v) is 3.05. The highest BCUT2D eigenvalue weighted by atomic mass is 16.5. The van der Waals surface area contributed by atoms with Crippen molar-refractivity contribution < 1.29 is 4.74 Å². The second kappa shape index (κ2) is 6.55. The molecule has 3 atom stereocenters. The van der Waals surface area contributed by atoms with Crippen LogP contribution in [0.25, 0.3) is 0 Å². The van der Waals surface area contributed by atoms with Crippen molar-refractivity contribution in [2.45, 2.75) is 66.0 Å². The lowest BCUT2D eigenvalue weighted by Gasteiger charge is -2.60. The molecule has 3 nitrogen and oxygen atoms in total. The molecule has 0 aromatic heterocycles. The Balaban J connectivity index is 2.60. The van der Waals surface area contributed by atoms with Crippen molar-refractivity contribution in [3.8, 4) is 0 Å². The molecule has 1 aliphatic carbocycles. The van der Waals surface area contributed by atoms with Crippen LogP contribution in [0.4, 0.5) is 0 Å². The Hall–Kier alpha value is -0.120. The maximum absolute atomic E-state index is 6.67. The van der Waals surface area contributed by atoms with Gasteiger partial charge in [0.2, 0.25) is 0 Å². The van der Waals surface area contributed by atoms with E-state index in [9.17, 15) is 0 Å². The Labute approximate surface area is 119 Å². The van der Waals surface area contributed by atoms with Crippen molar-refractivity contribution in [3.63, 3.8) is 0 Å². The topological polar surface area (TPSA) is 38.5 Å². The van der Waals surface area contributed by atoms with Crippen LogP contribution in [0.1, 0.15) is 54.4 Å². The maximum atomic E-state index is 6.67. The molecule has 0 aliphatic heterocycles. The molecule has 0 aromatic carbocycles. The Bertz CT molecular complexity index is 280. The average molecular weight is 270 g/mol. The molecule has 19 heavy (non-hydrogen) atoms. The third kappa shape index (κ3) is 3.50. The highest BCUT2D eigenvalue weighted by Crippen LogP contribution is 2.50. The number of rotatable bonds is 8. The zero-order valence-electron chi connectivity index (χ0n) is 13.8. The Morgan fingerprint density at radius 3 is 2.37 bits per heavy atom. The second-order valence-corrected chi connectivity index (χ2v) is 6.87. The summed E-state index contributed by atoms with van der Waals surface area (Å²) < 4.78 is 5.81. The lowest BCUT2D eigenvalue weighted by Crippen LogP contribution is -2.73. The minimum Gasteiger partial charge on any atom is -0.378 e. The fraction of sp³-hybridized carbons (Fsp3) is 1.00. The van der Waals surface area contributed by atoms with Crippen molar-refractivity contribution in [2.24, 2.45) is 17.1 Å². The van der Waals surface area contributed by atoms with E-state index in [1.807, 2.05) is 0 Å². The molecule has 1 saturated carbocycles. The van der Waals surface area contributed by atoms with Gasteiger partial charge in [-0.2, -0.15) is 0 Å². The summed E-state index contributed by atoms with van der Waals surface area (Å²) in [5, 5.41) is 0. The molecule has 2 N–H and O–H groups in total. The molecule has 1 fully saturated rings. The van der Waals surface area contributed by atoms with Gasteiger partial charge in [0.15, 0.2) is 0 Å². The van der Waals surface area contributed by atoms with Crippen molar-refractivity contribution >= 4 is 0 Å². The fourth-order valence-electron chi connectivity index (χ4n) is 3.05. The Morgan fingerprint density at radius 1 is 1.32 bits per heavy atom. The highest BCUT2D eigenvalue weighted by molar-refractivity contribution is 5.14. The molecule has 1 aliphatic rings. The van der Waals surface area contributed by atoms with Crippen molar-refractivity contribution in [1.82, 2.24) is 4.90 Å². The Morgan fingerprint density at radius 2 is 1.95 bits per heavy atom. The molecule has 0 bridgehead atoms. The lowest BCUT2D eigenvalue weighted by molar-refractivity contribution is -0.156. The number of ether oxygens (including phenoxy) is 1. The molecule has 0 spiro atoms. The summed E-state index contributed by atoms with van der Waals surface area (Å²) in [7, 11) is 0. The summed E-state index contributed by atoms with van der Waals surface area (Å²) in [5.41, 5.74) is 6.65. The Kier molecular flexibility index (Phi) is 5.84. The predicted molar refractivity (Wildman–Crippen MR) is 82.3 cm³/mol. The SMILES string of the molecule is CCOC1CC(N)(CN(CC)CC(C)CC)C1(C)C. The van der Waals surface area contributed by atoms with Gasteiger partial charge in [-0.1, -0.05) is 41.0 Å². The summed E-state index contributed by atoms with van der Waals surface area (Å²) in [4.78, 5) is 2.51. The lowest BCUT2D eigenvalue weighted by atomic mass is 9.54. The van der Waals surface area contributed by atoms with Gasteiger partial charge < -0.3 is 15.4 Å². The van der Waals surface area contributed by atoms with Gasteiger partial charge in [-0.15, -0.1) is 0 Å². The molecular weight excluding hydrogens is 236 g/mol. The van der Waals surface area contributed by atoms with E-state index in [0.717, 1.165) is 38.6 Å². The predicted octanol–water partition coefficient (Wildman–Crippen LogP) is 2.89. The van der Waals surface area contributed by atoms with E-state index in [1.54, 1.807) is 0 Å². The largest absolute Gasteiger partial charge is 0.378 e. The molecule has 1 rings (SSSR count). The molecule has 114 valence electrons. The number of nitrogens with two attached hydrogens (primary N) is 1. The third-order valence-corrected chi connectivity index (χ3v) is 5.23. The zero-order chi connectivity index (χ0) is 14.7. The molecule has 0 radical (unpaired) electrons. The first-order valence-corrected chi connectivity index (χ1v) is 7.93. The third-order valence-electron chi connectivity index (χ3n) is 5.23. The number of nitrogens with zero attached hydrogens (tertiary/aromatic N) is 1. The minimum absolute atomic E-state index is 0.0753. The van der Waals surface area contributed by atoms with Crippen molar-refractivity contribution in [3.05, 3.63) is 0 Å². The van der Waals surface area contributed by atoms with E-state index in [1.165, 1.54) is 6.42 Å². The maximum Gasteiger partial charge on any atom is 0.0662 e. The van der Waals surface area contributed by atoms with E-state index in [0.29, 0.717) is 6.10 Å². The minimum atomic E-state index is -0.101. The van der Waals surface area contributed by atoms with Gasteiger partial charge in [0.05, 0.1) is 6.10 Å². The highest BCUT2D eigenvalue weighted by Gasteiger charge is 2.58. The standard InChI is InChI=1S/C16H34N2O/c1-7-13(4)11-18(8-2)12-16(17)10-14(19-9-3)15(16,5)6/h13-14H,7-12,17H2,1-6H3. The summed E-state index contributed by atoms with van der Waals surface area (Å²) in [5.74, 6) is 0.745. The van der Waals surface area contributed by atoms with Gasteiger partial charge in [0, 0.05) is 30.7 Å². The van der Waals surface area contributed by atoms with Gasteiger partial charge in [-0.25, -0.2) is 0 Å². The summed E-state index contributed by atoms with van der Waals surface area (Å²) in [6, 6.07) is 0. The van der Waals surface area contributed by atoms with Gasteiger partial charge in [0.25, 0.3) is 0 Å². The number of hydrogen-bond acceptors (Lipinski definition) is 3. The summed E-state index contributed by atoms with van der Waals surface area (Å²) >= 11 is 0. The van der Waals surface area contributed by atoms with Gasteiger partial charge in [-0.3, -0.25) is 0 Å². The second-order valence-electron chi connectivity index (χ2n) is 6.87. The average Bonchev–Trinajstić information content (AvgIpc) is 2.37.